The third kappa shape index (κ3) is 4.71. The first-order valence-corrected chi connectivity index (χ1v) is 11.4. The fraction of sp³-hybridized carbons (Fsp3) is 0.700. The lowest BCUT2D eigenvalue weighted by molar-refractivity contribution is -0.133. The van der Waals surface area contributed by atoms with Gasteiger partial charge in [-0.2, -0.15) is 0 Å². The van der Waals surface area contributed by atoms with Crippen LogP contribution in [0.25, 0.3) is 5.70 Å². The molecule has 0 aliphatic carbocycles. The highest BCUT2D eigenvalue weighted by Gasteiger charge is 2.33. The van der Waals surface area contributed by atoms with Crippen LogP contribution >= 0.6 is 23.1 Å². The number of carbonyl (C=O) groups is 1. The van der Waals surface area contributed by atoms with Gasteiger partial charge in [0.25, 0.3) is 0 Å². The summed E-state index contributed by atoms with van der Waals surface area (Å²) in [6.45, 7) is 8.75. The van der Waals surface area contributed by atoms with Crippen molar-refractivity contribution in [3.05, 3.63) is 21.8 Å². The van der Waals surface area contributed by atoms with Crippen molar-refractivity contribution in [3.63, 3.8) is 0 Å². The Labute approximate surface area is 181 Å². The predicted octanol–water partition coefficient (Wildman–Crippen LogP) is 2.30. The highest BCUT2D eigenvalue weighted by molar-refractivity contribution is 7.12. The largest absolute Gasteiger partial charge is 0.390 e. The fourth-order valence-electron chi connectivity index (χ4n) is 4.27. The van der Waals surface area contributed by atoms with Gasteiger partial charge < -0.3 is 19.6 Å². The lowest BCUT2D eigenvalue weighted by atomic mass is 9.83. The van der Waals surface area contributed by atoms with Crippen LogP contribution in [0.15, 0.2) is 6.20 Å². The molecule has 3 aliphatic heterocycles. The summed E-state index contributed by atoms with van der Waals surface area (Å²) < 4.78 is 7.12. The SMILES string of the molecule is CC(C)(O)C1CCN(C(=O)Cc2nc3c(s2)CN(Cl)C=C3N2CCOCC2)CC1. The van der Waals surface area contributed by atoms with Gasteiger partial charge in [0.1, 0.15) is 10.7 Å². The highest BCUT2D eigenvalue weighted by atomic mass is 35.5. The smallest absolute Gasteiger partial charge is 0.229 e. The Morgan fingerprint density at radius 2 is 2.00 bits per heavy atom. The Kier molecular flexibility index (Phi) is 6.06. The van der Waals surface area contributed by atoms with Gasteiger partial charge in [-0.1, -0.05) is 0 Å². The number of thiazole rings is 1. The van der Waals surface area contributed by atoms with Crippen molar-refractivity contribution in [3.8, 4) is 0 Å². The van der Waals surface area contributed by atoms with Gasteiger partial charge in [-0.25, -0.2) is 4.98 Å². The molecular formula is C20H29ClN4O3S. The molecular weight excluding hydrogens is 412 g/mol. The minimum Gasteiger partial charge on any atom is -0.390 e. The second kappa shape index (κ2) is 8.41. The number of halogens is 1. The molecule has 0 aromatic carbocycles. The van der Waals surface area contributed by atoms with Crippen LogP contribution in [0.4, 0.5) is 0 Å². The maximum absolute atomic E-state index is 12.8. The van der Waals surface area contributed by atoms with Crippen molar-refractivity contribution < 1.29 is 14.6 Å². The van der Waals surface area contributed by atoms with Gasteiger partial charge in [-0.15, -0.1) is 11.3 Å². The van der Waals surface area contributed by atoms with E-state index in [9.17, 15) is 9.90 Å². The number of carbonyl (C=O) groups excluding carboxylic acids is 1. The Morgan fingerprint density at radius 1 is 1.31 bits per heavy atom. The third-order valence-electron chi connectivity index (χ3n) is 6.04. The van der Waals surface area contributed by atoms with E-state index in [1.165, 1.54) is 0 Å². The number of piperidine rings is 1. The van der Waals surface area contributed by atoms with Crippen LogP contribution in [0.1, 0.15) is 42.3 Å². The molecule has 2 saturated heterocycles. The summed E-state index contributed by atoms with van der Waals surface area (Å²) in [5, 5.41) is 11.0. The second-order valence-corrected chi connectivity index (χ2v) is 10.1. The summed E-state index contributed by atoms with van der Waals surface area (Å²) in [6.07, 6.45) is 3.94. The zero-order valence-electron chi connectivity index (χ0n) is 17.1. The van der Waals surface area contributed by atoms with Crippen LogP contribution in [0, 0.1) is 5.92 Å². The van der Waals surface area contributed by atoms with E-state index in [2.05, 4.69) is 4.90 Å². The van der Waals surface area contributed by atoms with E-state index in [0.29, 0.717) is 39.3 Å². The molecule has 0 atom stereocenters. The number of likely N-dealkylation sites (tertiary alicyclic amines) is 1. The number of hydrogen-bond donors (Lipinski definition) is 1. The van der Waals surface area contributed by atoms with Crippen molar-refractivity contribution >= 4 is 34.7 Å². The molecule has 0 spiro atoms. The van der Waals surface area contributed by atoms with Gasteiger partial charge in [0.2, 0.25) is 5.91 Å². The molecule has 1 N–H and O–H groups in total. The van der Waals surface area contributed by atoms with Crippen LogP contribution < -0.4 is 0 Å². The lowest BCUT2D eigenvalue weighted by Gasteiger charge is -2.37. The second-order valence-electron chi connectivity index (χ2n) is 8.54. The minimum absolute atomic E-state index is 0.116. The number of fused-ring (bicyclic) bond motifs is 1. The number of morpholine rings is 1. The lowest BCUT2D eigenvalue weighted by Crippen LogP contribution is -2.44. The third-order valence-corrected chi connectivity index (χ3v) is 7.30. The number of nitrogens with zero attached hydrogens (tertiary/aromatic N) is 4. The Bertz CT molecular complexity index is 777. The van der Waals surface area contributed by atoms with Gasteiger partial charge >= 0.3 is 0 Å². The summed E-state index contributed by atoms with van der Waals surface area (Å²) in [4.78, 5) is 22.9. The molecule has 0 unspecified atom stereocenters. The Balaban J connectivity index is 1.42. The molecule has 1 aromatic heterocycles. The van der Waals surface area contributed by atoms with Gasteiger partial charge in [0.15, 0.2) is 0 Å². The van der Waals surface area contributed by atoms with E-state index in [1.54, 1.807) is 15.8 Å². The van der Waals surface area contributed by atoms with Crippen molar-refractivity contribution in [2.24, 2.45) is 5.92 Å². The summed E-state index contributed by atoms with van der Waals surface area (Å²) in [6, 6.07) is 0. The number of amides is 1. The van der Waals surface area contributed by atoms with Crippen LogP contribution in [0.3, 0.4) is 0 Å². The minimum atomic E-state index is -0.681. The molecule has 29 heavy (non-hydrogen) atoms. The molecule has 0 radical (unpaired) electrons. The van der Waals surface area contributed by atoms with E-state index < -0.39 is 5.60 Å². The fourth-order valence-corrected chi connectivity index (χ4v) is 5.62. The molecule has 3 aliphatic rings. The van der Waals surface area contributed by atoms with E-state index in [4.69, 9.17) is 21.5 Å². The molecule has 0 saturated carbocycles. The number of aliphatic hydroxyl groups is 1. The van der Waals surface area contributed by atoms with Crippen molar-refractivity contribution in [1.29, 1.82) is 0 Å². The molecule has 4 heterocycles. The zero-order valence-corrected chi connectivity index (χ0v) is 18.6. The maximum Gasteiger partial charge on any atom is 0.229 e. The first kappa shape index (κ1) is 20.9. The number of rotatable bonds is 4. The van der Waals surface area contributed by atoms with E-state index in [1.807, 2.05) is 24.9 Å². The highest BCUT2D eigenvalue weighted by Crippen LogP contribution is 2.34. The Morgan fingerprint density at radius 3 is 2.66 bits per heavy atom. The van der Waals surface area contributed by atoms with Crippen molar-refractivity contribution in [2.45, 2.75) is 45.3 Å². The van der Waals surface area contributed by atoms with Gasteiger partial charge in [0, 0.05) is 44.2 Å². The van der Waals surface area contributed by atoms with E-state index in [0.717, 1.165) is 47.2 Å². The molecule has 160 valence electrons. The van der Waals surface area contributed by atoms with Gasteiger partial charge in [-0.05, 0) is 32.6 Å². The molecule has 4 rings (SSSR count). The summed E-state index contributed by atoms with van der Waals surface area (Å²) >= 11 is 7.91. The summed E-state index contributed by atoms with van der Waals surface area (Å²) in [5.41, 5.74) is 1.29. The first-order valence-electron chi connectivity index (χ1n) is 10.3. The molecule has 9 heteroatoms. The maximum atomic E-state index is 12.8. The molecule has 7 nitrogen and oxygen atoms in total. The molecule has 2 fully saturated rings. The average Bonchev–Trinajstić information content (AvgIpc) is 3.09. The van der Waals surface area contributed by atoms with Gasteiger partial charge in [0.05, 0.1) is 42.4 Å². The van der Waals surface area contributed by atoms with Crippen LogP contribution in [-0.4, -0.2) is 75.2 Å². The number of hydrogen-bond acceptors (Lipinski definition) is 7. The zero-order chi connectivity index (χ0) is 20.6. The summed E-state index contributed by atoms with van der Waals surface area (Å²) in [5.74, 6) is 0.361. The van der Waals surface area contributed by atoms with Crippen molar-refractivity contribution in [1.82, 2.24) is 19.2 Å². The predicted molar refractivity (Wildman–Crippen MR) is 113 cm³/mol. The Hall–Kier alpha value is -1.35. The number of ether oxygens (including phenoxy) is 1. The quantitative estimate of drug-likeness (QED) is 0.724. The molecule has 1 amide bonds. The molecule has 1 aromatic rings. The van der Waals surface area contributed by atoms with Gasteiger partial charge in [-0.3, -0.25) is 9.21 Å². The molecule has 0 bridgehead atoms. The van der Waals surface area contributed by atoms with Crippen LogP contribution in [0.5, 0.6) is 0 Å². The topological polar surface area (TPSA) is 69.1 Å². The van der Waals surface area contributed by atoms with E-state index >= 15 is 0 Å². The first-order chi connectivity index (χ1) is 13.8. The normalized spacial score (nSPS) is 21.2. The summed E-state index contributed by atoms with van der Waals surface area (Å²) in [7, 11) is 0. The standard InChI is InChI=1S/C20H29ClN4O3S/c1-20(2,27)14-3-5-24(6-4-14)18(26)11-17-22-19-15(23-7-9-28-10-8-23)12-25(21)13-16(19)29-17/h12,14,27H,3-11,13H2,1-2H3. The average molecular weight is 441 g/mol. The van der Waals surface area contributed by atoms with Crippen molar-refractivity contribution in [2.75, 3.05) is 39.4 Å². The number of aromatic nitrogens is 1. The van der Waals surface area contributed by atoms with E-state index in [-0.39, 0.29) is 11.8 Å². The monoisotopic (exact) mass is 440 g/mol. The van der Waals surface area contributed by atoms with Crippen LogP contribution in [-0.2, 0) is 22.5 Å². The van der Waals surface area contributed by atoms with Crippen LogP contribution in [0.2, 0.25) is 0 Å².